The molecule has 2 heterocycles. The predicted molar refractivity (Wildman–Crippen MR) is 102 cm³/mol. The average molecular weight is 402 g/mol. The van der Waals surface area contributed by atoms with Crippen molar-refractivity contribution in [3.05, 3.63) is 75.5 Å². The fourth-order valence-corrected chi connectivity index (χ4v) is 3.06. The third kappa shape index (κ3) is 4.16. The summed E-state index contributed by atoms with van der Waals surface area (Å²) < 4.78 is 41.3. The third-order valence-corrected chi connectivity index (χ3v) is 4.58. The van der Waals surface area contributed by atoms with Crippen LogP contribution in [0.1, 0.15) is 18.9 Å². The zero-order chi connectivity index (χ0) is 21.2. The van der Waals surface area contributed by atoms with E-state index >= 15 is 0 Å². The van der Waals surface area contributed by atoms with E-state index in [1.54, 1.807) is 41.3 Å². The maximum absolute atomic E-state index is 13.5. The number of carbonyl (C=O) groups excluding carboxylic acids is 1. The minimum Gasteiger partial charge on any atom is -0.339 e. The molecule has 1 N–H and O–H groups in total. The molecule has 6 nitrogen and oxygen atoms in total. The first-order valence-corrected chi connectivity index (χ1v) is 8.74. The van der Waals surface area contributed by atoms with Crippen molar-refractivity contribution in [2.24, 2.45) is 0 Å². The standard InChI is InChI=1S/C20H17F3N4O2/c1-13(28)26-10-8-15(9-11-26)25-27-17(14-6-4-3-5-7-14)12-16(20(21,22)23)18(24-2)19(27)29/h3-8,12,25H,9-11H2,1H3. The second-order valence-electron chi connectivity index (χ2n) is 6.46. The molecule has 3 rings (SSSR count). The van der Waals surface area contributed by atoms with E-state index in [0.717, 1.165) is 10.7 Å². The van der Waals surface area contributed by atoms with Gasteiger partial charge >= 0.3 is 6.18 Å². The molecule has 1 aliphatic rings. The van der Waals surface area contributed by atoms with Crippen molar-refractivity contribution in [1.82, 2.24) is 9.58 Å². The molecule has 1 aromatic carbocycles. The molecule has 150 valence electrons. The molecule has 0 spiro atoms. The summed E-state index contributed by atoms with van der Waals surface area (Å²) in [4.78, 5) is 28.7. The molecule has 1 aromatic heterocycles. The summed E-state index contributed by atoms with van der Waals surface area (Å²) in [5.41, 5.74) is 0.465. The highest BCUT2D eigenvalue weighted by molar-refractivity contribution is 5.73. The molecule has 0 aliphatic carbocycles. The number of aromatic nitrogens is 1. The zero-order valence-corrected chi connectivity index (χ0v) is 15.5. The number of alkyl halides is 3. The van der Waals surface area contributed by atoms with E-state index in [0.29, 0.717) is 30.8 Å². The molecule has 1 aliphatic heterocycles. The van der Waals surface area contributed by atoms with E-state index in [1.807, 2.05) is 0 Å². The Kier molecular flexibility index (Phi) is 5.46. The summed E-state index contributed by atoms with van der Waals surface area (Å²) in [6.45, 7) is 9.28. The van der Waals surface area contributed by atoms with E-state index in [4.69, 9.17) is 6.57 Å². The van der Waals surface area contributed by atoms with Crippen LogP contribution in [0.2, 0.25) is 0 Å². The average Bonchev–Trinajstić information content (AvgIpc) is 2.69. The summed E-state index contributed by atoms with van der Waals surface area (Å²) in [5, 5.41) is 0. The second-order valence-corrected chi connectivity index (χ2v) is 6.46. The van der Waals surface area contributed by atoms with Gasteiger partial charge in [0.15, 0.2) is 0 Å². The fourth-order valence-electron chi connectivity index (χ4n) is 3.06. The quantitative estimate of drug-likeness (QED) is 0.796. The summed E-state index contributed by atoms with van der Waals surface area (Å²) in [5.74, 6) is -0.0905. The number of hydrogen-bond donors (Lipinski definition) is 1. The number of nitrogens with zero attached hydrogens (tertiary/aromatic N) is 3. The van der Waals surface area contributed by atoms with Gasteiger partial charge in [0.1, 0.15) is 0 Å². The Hall–Kier alpha value is -3.54. The zero-order valence-electron chi connectivity index (χ0n) is 15.5. The Labute approximate surface area is 164 Å². The van der Waals surface area contributed by atoms with Gasteiger partial charge in [0.05, 0.1) is 17.8 Å². The van der Waals surface area contributed by atoms with Crippen LogP contribution < -0.4 is 11.0 Å². The molecule has 0 fully saturated rings. The fraction of sp³-hybridized carbons (Fsp3) is 0.250. The van der Waals surface area contributed by atoms with Gasteiger partial charge in [-0.1, -0.05) is 30.3 Å². The monoisotopic (exact) mass is 402 g/mol. The molecule has 2 aromatic rings. The first-order chi connectivity index (χ1) is 13.7. The molecule has 0 saturated heterocycles. The number of hydrogen-bond acceptors (Lipinski definition) is 3. The number of pyridine rings is 1. The molecule has 0 radical (unpaired) electrons. The van der Waals surface area contributed by atoms with Gasteiger partial charge in [-0.2, -0.15) is 13.2 Å². The van der Waals surface area contributed by atoms with E-state index < -0.39 is 23.0 Å². The van der Waals surface area contributed by atoms with Crippen molar-refractivity contribution in [3.8, 4) is 11.3 Å². The molecule has 0 bridgehead atoms. The number of nitrogens with one attached hydrogen (secondary N) is 1. The minimum absolute atomic E-state index is 0.00905. The van der Waals surface area contributed by atoms with Gasteiger partial charge in [0.25, 0.3) is 11.2 Å². The van der Waals surface area contributed by atoms with Crippen molar-refractivity contribution in [1.29, 1.82) is 0 Å². The minimum atomic E-state index is -4.84. The Morgan fingerprint density at radius 2 is 1.93 bits per heavy atom. The normalized spacial score (nSPS) is 14.2. The van der Waals surface area contributed by atoms with E-state index in [9.17, 15) is 22.8 Å². The van der Waals surface area contributed by atoms with Crippen molar-refractivity contribution < 1.29 is 18.0 Å². The van der Waals surface area contributed by atoms with Crippen LogP contribution in [-0.4, -0.2) is 28.6 Å². The summed E-state index contributed by atoms with van der Waals surface area (Å²) in [7, 11) is 0. The van der Waals surface area contributed by atoms with Crippen molar-refractivity contribution in [2.45, 2.75) is 19.5 Å². The van der Waals surface area contributed by atoms with Gasteiger partial charge in [-0.05, 0) is 12.1 Å². The van der Waals surface area contributed by atoms with Gasteiger partial charge in [0.2, 0.25) is 5.91 Å². The van der Waals surface area contributed by atoms with Gasteiger partial charge < -0.3 is 4.90 Å². The maximum atomic E-state index is 13.5. The highest BCUT2D eigenvalue weighted by Crippen LogP contribution is 2.36. The lowest BCUT2D eigenvalue weighted by molar-refractivity contribution is -0.137. The third-order valence-electron chi connectivity index (χ3n) is 4.58. The van der Waals surface area contributed by atoms with Gasteiger partial charge in [0, 0.05) is 37.7 Å². The topological polar surface area (TPSA) is 58.7 Å². The largest absolute Gasteiger partial charge is 0.407 e. The SMILES string of the molecule is [C-]#[N+]c1c(C(F)(F)F)cc(-c2ccccc2)n(NC2=CCN(C(C)=O)CC2)c1=O. The Bertz CT molecular complexity index is 1070. The first-order valence-electron chi connectivity index (χ1n) is 8.74. The number of halogens is 3. The number of carbonyl (C=O) groups is 1. The molecule has 9 heteroatoms. The first kappa shape index (κ1) is 20.2. The molecular formula is C20H17F3N4O2. The Morgan fingerprint density at radius 3 is 2.45 bits per heavy atom. The van der Waals surface area contributed by atoms with Crippen molar-refractivity contribution in [3.63, 3.8) is 0 Å². The smallest absolute Gasteiger partial charge is 0.339 e. The van der Waals surface area contributed by atoms with E-state index in [1.165, 1.54) is 6.92 Å². The Balaban J connectivity index is 2.14. The maximum Gasteiger partial charge on any atom is 0.407 e. The van der Waals surface area contributed by atoms with E-state index in [-0.39, 0.29) is 11.6 Å². The number of rotatable bonds is 3. The molecule has 29 heavy (non-hydrogen) atoms. The van der Waals surface area contributed by atoms with Crippen LogP contribution in [0.4, 0.5) is 18.9 Å². The highest BCUT2D eigenvalue weighted by atomic mass is 19.4. The van der Waals surface area contributed by atoms with Gasteiger partial charge in [-0.15, -0.1) is 0 Å². The number of amides is 1. The lowest BCUT2D eigenvalue weighted by Gasteiger charge is -2.27. The summed E-state index contributed by atoms with van der Waals surface area (Å²) >= 11 is 0. The predicted octanol–water partition coefficient (Wildman–Crippen LogP) is 3.76. The van der Waals surface area contributed by atoms with Crippen LogP contribution in [0.25, 0.3) is 16.1 Å². The molecular weight excluding hydrogens is 385 g/mol. The molecule has 0 atom stereocenters. The lowest BCUT2D eigenvalue weighted by atomic mass is 10.1. The van der Waals surface area contributed by atoms with Crippen LogP contribution in [0.5, 0.6) is 0 Å². The van der Waals surface area contributed by atoms with Gasteiger partial charge in [-0.3, -0.25) is 15.0 Å². The summed E-state index contributed by atoms with van der Waals surface area (Å²) in [6, 6.07) is 8.96. The second kappa shape index (κ2) is 7.83. The van der Waals surface area contributed by atoms with E-state index in [2.05, 4.69) is 10.3 Å². The van der Waals surface area contributed by atoms with Crippen LogP contribution in [0, 0.1) is 6.57 Å². The van der Waals surface area contributed by atoms with Crippen molar-refractivity contribution in [2.75, 3.05) is 18.5 Å². The van der Waals surface area contributed by atoms with Crippen LogP contribution in [0.15, 0.2) is 53.0 Å². The number of benzene rings is 1. The van der Waals surface area contributed by atoms with Crippen LogP contribution in [-0.2, 0) is 11.0 Å². The molecule has 1 amide bonds. The Morgan fingerprint density at radius 1 is 1.24 bits per heavy atom. The molecule has 0 saturated carbocycles. The van der Waals surface area contributed by atoms with Crippen LogP contribution >= 0.6 is 0 Å². The van der Waals surface area contributed by atoms with Crippen LogP contribution in [0.3, 0.4) is 0 Å². The summed E-state index contributed by atoms with van der Waals surface area (Å²) in [6.07, 6.45) is -2.75. The molecule has 0 unspecified atom stereocenters. The van der Waals surface area contributed by atoms with Gasteiger partial charge in [-0.25, -0.2) is 9.52 Å². The van der Waals surface area contributed by atoms with Crippen molar-refractivity contribution >= 4 is 11.6 Å². The lowest BCUT2D eigenvalue weighted by Crippen LogP contribution is -2.37. The highest BCUT2D eigenvalue weighted by Gasteiger charge is 2.36.